The van der Waals surface area contributed by atoms with E-state index in [4.69, 9.17) is 9.47 Å². The van der Waals surface area contributed by atoms with Crippen molar-refractivity contribution < 1.29 is 19.1 Å². The quantitative estimate of drug-likeness (QED) is 0.729. The third kappa shape index (κ3) is 5.64. The maximum absolute atomic E-state index is 12.5. The number of hydrogen-bond donors (Lipinski definition) is 1. The first-order chi connectivity index (χ1) is 14.5. The number of hydrogen-bond acceptors (Lipinski definition) is 5. The summed E-state index contributed by atoms with van der Waals surface area (Å²) in [6, 6.07) is 7.97. The van der Waals surface area contributed by atoms with Crippen LogP contribution in [0.15, 0.2) is 24.3 Å². The van der Waals surface area contributed by atoms with Gasteiger partial charge in [-0.1, -0.05) is 6.07 Å². The first-order valence-corrected chi connectivity index (χ1v) is 10.7. The van der Waals surface area contributed by atoms with Crippen LogP contribution in [-0.2, 0) is 4.74 Å². The number of likely N-dealkylation sites (tertiary alicyclic amines) is 1. The van der Waals surface area contributed by atoms with E-state index in [0.29, 0.717) is 29.9 Å². The lowest BCUT2D eigenvalue weighted by molar-refractivity contribution is 0.0188. The second-order valence-corrected chi connectivity index (χ2v) is 8.13. The molecule has 2 aliphatic rings. The van der Waals surface area contributed by atoms with Crippen molar-refractivity contribution in [2.24, 2.45) is 0 Å². The molecule has 1 aromatic carbocycles. The highest BCUT2D eigenvalue weighted by atomic mass is 16.5. The van der Waals surface area contributed by atoms with Gasteiger partial charge >= 0.3 is 6.03 Å². The van der Waals surface area contributed by atoms with Gasteiger partial charge in [0.2, 0.25) is 0 Å². The molecule has 1 N–H and O–H groups in total. The third-order valence-corrected chi connectivity index (χ3v) is 5.93. The molecule has 0 bridgehead atoms. The Labute approximate surface area is 179 Å². The topological polar surface area (TPSA) is 74.3 Å². The van der Waals surface area contributed by atoms with E-state index in [9.17, 15) is 9.59 Å². The van der Waals surface area contributed by atoms with Crippen molar-refractivity contribution in [3.63, 3.8) is 0 Å². The molecule has 2 aliphatic heterocycles. The van der Waals surface area contributed by atoms with Crippen molar-refractivity contribution in [3.8, 4) is 5.75 Å². The first-order valence-electron chi connectivity index (χ1n) is 10.7. The van der Waals surface area contributed by atoms with Gasteiger partial charge in [-0.25, -0.2) is 4.79 Å². The fraction of sp³-hybridized carbons (Fsp3) is 0.636. The molecule has 3 rings (SSSR count). The molecule has 0 aliphatic carbocycles. The number of benzene rings is 1. The Balaban J connectivity index is 1.59. The number of ether oxygens (including phenoxy) is 2. The monoisotopic (exact) mass is 418 g/mol. The number of carbonyl (C=O) groups excluding carboxylic acids is 2. The molecule has 0 spiro atoms. The van der Waals surface area contributed by atoms with Gasteiger partial charge in [-0.15, -0.1) is 0 Å². The minimum Gasteiger partial charge on any atom is -0.497 e. The molecule has 0 saturated carbocycles. The van der Waals surface area contributed by atoms with E-state index in [1.165, 1.54) is 0 Å². The molecule has 8 nitrogen and oxygen atoms in total. The van der Waals surface area contributed by atoms with Crippen molar-refractivity contribution >= 4 is 11.9 Å². The van der Waals surface area contributed by atoms with Crippen molar-refractivity contribution in [1.29, 1.82) is 0 Å². The maximum atomic E-state index is 12.5. The van der Waals surface area contributed by atoms with Gasteiger partial charge in [0.15, 0.2) is 0 Å². The van der Waals surface area contributed by atoms with Crippen LogP contribution in [0, 0.1) is 0 Å². The fourth-order valence-corrected chi connectivity index (χ4v) is 4.31. The summed E-state index contributed by atoms with van der Waals surface area (Å²) in [7, 11) is 5.18. The van der Waals surface area contributed by atoms with Gasteiger partial charge in [-0.3, -0.25) is 9.69 Å². The van der Waals surface area contributed by atoms with E-state index in [2.05, 4.69) is 10.2 Å². The molecule has 2 saturated heterocycles. The summed E-state index contributed by atoms with van der Waals surface area (Å²) in [6.45, 7) is 4.37. The molecule has 3 amide bonds. The number of urea groups is 1. The molecule has 166 valence electrons. The molecule has 30 heavy (non-hydrogen) atoms. The summed E-state index contributed by atoms with van der Waals surface area (Å²) in [5.74, 6) is 0.569. The zero-order chi connectivity index (χ0) is 21.5. The van der Waals surface area contributed by atoms with E-state index >= 15 is 0 Å². The Hall–Kier alpha value is -2.32. The van der Waals surface area contributed by atoms with Crippen molar-refractivity contribution in [2.45, 2.75) is 31.3 Å². The Morgan fingerprint density at radius 1 is 1.20 bits per heavy atom. The molecule has 2 heterocycles. The van der Waals surface area contributed by atoms with Crippen molar-refractivity contribution in [1.82, 2.24) is 20.0 Å². The summed E-state index contributed by atoms with van der Waals surface area (Å²) in [5, 5.41) is 3.04. The molecule has 0 radical (unpaired) electrons. The molecule has 1 aromatic rings. The predicted molar refractivity (Wildman–Crippen MR) is 115 cm³/mol. The predicted octanol–water partition coefficient (Wildman–Crippen LogP) is 1.66. The fourth-order valence-electron chi connectivity index (χ4n) is 4.31. The number of carbonyl (C=O) groups is 2. The number of amides is 3. The summed E-state index contributed by atoms with van der Waals surface area (Å²) in [4.78, 5) is 30.9. The van der Waals surface area contributed by atoms with Crippen LogP contribution < -0.4 is 10.1 Å². The minimum atomic E-state index is -0.100. The van der Waals surface area contributed by atoms with Gasteiger partial charge in [-0.05, 0) is 37.5 Å². The van der Waals surface area contributed by atoms with Gasteiger partial charge in [-0.2, -0.15) is 0 Å². The SMILES string of the molecule is COc1cccc(C(=O)NCCN(C2CCOCC2)C2CCN(C(=O)N(C)C)C2)c1. The maximum Gasteiger partial charge on any atom is 0.319 e. The van der Waals surface area contributed by atoms with Crippen LogP contribution in [0.2, 0.25) is 0 Å². The largest absolute Gasteiger partial charge is 0.497 e. The van der Waals surface area contributed by atoms with Gasteiger partial charge in [0.25, 0.3) is 5.91 Å². The molecular formula is C22H34N4O4. The lowest BCUT2D eigenvalue weighted by atomic mass is 10.0. The van der Waals surface area contributed by atoms with E-state index in [1.807, 2.05) is 17.0 Å². The second-order valence-electron chi connectivity index (χ2n) is 8.13. The highest BCUT2D eigenvalue weighted by Crippen LogP contribution is 2.23. The summed E-state index contributed by atoms with van der Waals surface area (Å²) in [6.07, 6.45) is 2.94. The Morgan fingerprint density at radius 2 is 1.97 bits per heavy atom. The van der Waals surface area contributed by atoms with E-state index in [0.717, 1.165) is 52.1 Å². The lowest BCUT2D eigenvalue weighted by Crippen LogP contribution is -2.50. The number of nitrogens with one attached hydrogen (secondary N) is 1. The molecule has 1 unspecified atom stereocenters. The second kappa shape index (κ2) is 10.6. The first kappa shape index (κ1) is 22.4. The van der Waals surface area contributed by atoms with E-state index in [-0.39, 0.29) is 11.9 Å². The van der Waals surface area contributed by atoms with Crippen LogP contribution in [0.25, 0.3) is 0 Å². The number of rotatable bonds is 7. The van der Waals surface area contributed by atoms with Crippen LogP contribution in [0.4, 0.5) is 4.79 Å². The molecule has 1 atom stereocenters. The number of nitrogens with zero attached hydrogens (tertiary/aromatic N) is 3. The van der Waals surface area contributed by atoms with E-state index < -0.39 is 0 Å². The van der Waals surface area contributed by atoms with Crippen LogP contribution in [0.3, 0.4) is 0 Å². The van der Waals surface area contributed by atoms with Gasteiger partial charge in [0.1, 0.15) is 5.75 Å². The van der Waals surface area contributed by atoms with Crippen molar-refractivity contribution in [3.05, 3.63) is 29.8 Å². The zero-order valence-electron chi connectivity index (χ0n) is 18.3. The summed E-state index contributed by atoms with van der Waals surface area (Å²) >= 11 is 0. The normalized spacial score (nSPS) is 19.7. The summed E-state index contributed by atoms with van der Waals surface area (Å²) in [5.41, 5.74) is 0.593. The smallest absolute Gasteiger partial charge is 0.319 e. The molecule has 0 aromatic heterocycles. The minimum absolute atomic E-state index is 0.0655. The third-order valence-electron chi connectivity index (χ3n) is 5.93. The highest BCUT2D eigenvalue weighted by molar-refractivity contribution is 5.94. The Kier molecular flexibility index (Phi) is 7.93. The van der Waals surface area contributed by atoms with Crippen LogP contribution in [0.5, 0.6) is 5.75 Å². The Morgan fingerprint density at radius 3 is 2.67 bits per heavy atom. The molecular weight excluding hydrogens is 384 g/mol. The highest BCUT2D eigenvalue weighted by Gasteiger charge is 2.34. The average Bonchev–Trinajstić information content (AvgIpc) is 3.26. The van der Waals surface area contributed by atoms with Gasteiger partial charge in [0, 0.05) is 71.1 Å². The summed E-state index contributed by atoms with van der Waals surface area (Å²) < 4.78 is 10.8. The van der Waals surface area contributed by atoms with E-state index in [1.54, 1.807) is 38.2 Å². The standard InChI is InChI=1S/C22H34N4O4/c1-24(2)22(28)25-11-7-19(16-25)26(18-8-13-30-14-9-18)12-10-23-21(27)17-5-4-6-20(15-17)29-3/h4-6,15,18-19H,7-14,16H2,1-3H3,(H,23,27). The van der Waals surface area contributed by atoms with Crippen LogP contribution in [0.1, 0.15) is 29.6 Å². The zero-order valence-corrected chi connectivity index (χ0v) is 18.3. The lowest BCUT2D eigenvalue weighted by Gasteiger charge is -2.38. The molecule has 8 heteroatoms. The van der Waals surface area contributed by atoms with Crippen LogP contribution >= 0.6 is 0 Å². The van der Waals surface area contributed by atoms with Crippen molar-refractivity contribution in [2.75, 3.05) is 60.6 Å². The van der Waals surface area contributed by atoms with Gasteiger partial charge < -0.3 is 24.6 Å². The average molecular weight is 419 g/mol. The van der Waals surface area contributed by atoms with Crippen LogP contribution in [-0.4, -0.2) is 99.3 Å². The Bertz CT molecular complexity index is 721. The molecule has 2 fully saturated rings. The number of methoxy groups -OCH3 is 1. The van der Waals surface area contributed by atoms with Gasteiger partial charge in [0.05, 0.1) is 7.11 Å².